The van der Waals surface area contributed by atoms with Crippen LogP contribution in [0.3, 0.4) is 0 Å². The average Bonchev–Trinajstić information content (AvgIpc) is 2.44. The van der Waals surface area contributed by atoms with Crippen LogP contribution in [0.15, 0.2) is 42.5 Å². The van der Waals surface area contributed by atoms with Crippen molar-refractivity contribution in [3.05, 3.63) is 48.0 Å². The summed E-state index contributed by atoms with van der Waals surface area (Å²) >= 11 is 0. The number of phenols is 1. The van der Waals surface area contributed by atoms with Crippen molar-refractivity contribution in [1.29, 1.82) is 0 Å². The van der Waals surface area contributed by atoms with Gasteiger partial charge in [-0.05, 0) is 56.2 Å². The van der Waals surface area contributed by atoms with Crippen molar-refractivity contribution in [1.82, 2.24) is 0 Å². The molecule has 3 N–H and O–H groups in total. The predicted molar refractivity (Wildman–Crippen MR) is 90.4 cm³/mol. The third-order valence-corrected chi connectivity index (χ3v) is 3.07. The zero-order chi connectivity index (χ0) is 17.9. The number of hydrogen-bond acceptors (Lipinski definition) is 4. The molecule has 0 atom stereocenters. The van der Waals surface area contributed by atoms with Crippen molar-refractivity contribution in [2.24, 2.45) is 0 Å². The lowest BCUT2D eigenvalue weighted by molar-refractivity contribution is 0.0634. The fourth-order valence-corrected chi connectivity index (χ4v) is 2.09. The van der Waals surface area contributed by atoms with Gasteiger partial charge < -0.3 is 14.9 Å². The molecule has 6 heteroatoms. The third kappa shape index (κ3) is 4.49. The van der Waals surface area contributed by atoms with E-state index in [9.17, 15) is 14.7 Å². The summed E-state index contributed by atoms with van der Waals surface area (Å²) in [7, 11) is 0. The van der Waals surface area contributed by atoms with Crippen LogP contribution in [-0.2, 0) is 4.74 Å². The van der Waals surface area contributed by atoms with Gasteiger partial charge in [-0.2, -0.15) is 0 Å². The first-order valence-electron chi connectivity index (χ1n) is 7.32. The molecule has 0 radical (unpaired) electrons. The number of benzene rings is 2. The minimum absolute atomic E-state index is 0.165. The number of nitrogens with one attached hydrogen (secondary N) is 1. The van der Waals surface area contributed by atoms with Crippen LogP contribution in [0.4, 0.5) is 10.5 Å². The zero-order valence-electron chi connectivity index (χ0n) is 13.7. The maximum atomic E-state index is 11.8. The summed E-state index contributed by atoms with van der Waals surface area (Å²) in [6.07, 6.45) is -0.566. The van der Waals surface area contributed by atoms with E-state index in [0.717, 1.165) is 5.56 Å². The Kier molecular flexibility index (Phi) is 4.78. The van der Waals surface area contributed by atoms with Crippen molar-refractivity contribution < 1.29 is 24.5 Å². The highest BCUT2D eigenvalue weighted by molar-refractivity contribution is 5.92. The number of hydrogen-bond donors (Lipinski definition) is 3. The van der Waals surface area contributed by atoms with Gasteiger partial charge in [0.25, 0.3) is 0 Å². The Balaban J connectivity index is 2.23. The number of amides is 1. The monoisotopic (exact) mass is 329 g/mol. The number of carboxylic acids is 1. The lowest BCUT2D eigenvalue weighted by Gasteiger charge is -2.19. The Morgan fingerprint density at radius 2 is 1.71 bits per heavy atom. The maximum Gasteiger partial charge on any atom is 0.412 e. The molecule has 0 aliphatic rings. The Bertz CT molecular complexity index is 777. The minimum Gasteiger partial charge on any atom is -0.507 e. The number of rotatable bonds is 3. The summed E-state index contributed by atoms with van der Waals surface area (Å²) in [6.45, 7) is 5.32. The number of carbonyl (C=O) groups excluding carboxylic acids is 1. The van der Waals surface area contributed by atoms with E-state index in [0.29, 0.717) is 11.3 Å². The number of carboxylic acid groups (broad SMARTS) is 1. The van der Waals surface area contributed by atoms with Gasteiger partial charge >= 0.3 is 12.1 Å². The second kappa shape index (κ2) is 6.62. The molecule has 2 aromatic carbocycles. The van der Waals surface area contributed by atoms with Crippen LogP contribution in [0.25, 0.3) is 11.1 Å². The van der Waals surface area contributed by atoms with Gasteiger partial charge in [0.2, 0.25) is 0 Å². The van der Waals surface area contributed by atoms with Crippen LogP contribution in [0, 0.1) is 0 Å². The van der Waals surface area contributed by atoms with Crippen molar-refractivity contribution in [3.63, 3.8) is 0 Å². The quantitative estimate of drug-likeness (QED) is 0.787. The molecule has 2 rings (SSSR count). The number of aromatic carboxylic acids is 1. The normalized spacial score (nSPS) is 11.0. The van der Waals surface area contributed by atoms with Gasteiger partial charge in [0.1, 0.15) is 16.9 Å². The molecule has 1 amide bonds. The highest BCUT2D eigenvalue weighted by Crippen LogP contribution is 2.28. The first-order chi connectivity index (χ1) is 11.2. The van der Waals surface area contributed by atoms with Crippen molar-refractivity contribution >= 4 is 17.7 Å². The third-order valence-electron chi connectivity index (χ3n) is 3.07. The molecule has 0 saturated heterocycles. The molecule has 0 unspecified atom stereocenters. The molecule has 0 aromatic heterocycles. The van der Waals surface area contributed by atoms with Crippen LogP contribution in [0.5, 0.6) is 5.75 Å². The molecule has 6 nitrogen and oxygen atoms in total. The summed E-state index contributed by atoms with van der Waals surface area (Å²) < 4.78 is 5.19. The van der Waals surface area contributed by atoms with E-state index < -0.39 is 17.7 Å². The number of ether oxygens (including phenoxy) is 1. The lowest BCUT2D eigenvalue weighted by atomic mass is 10.0. The van der Waals surface area contributed by atoms with Gasteiger partial charge in [0, 0.05) is 5.69 Å². The van der Waals surface area contributed by atoms with E-state index in [1.54, 1.807) is 51.1 Å². The SMILES string of the molecule is CC(C)(C)OC(=O)Nc1cccc(-c2ccc(C(=O)O)c(O)c2)c1. The van der Waals surface area contributed by atoms with Gasteiger partial charge in [-0.1, -0.05) is 18.2 Å². The highest BCUT2D eigenvalue weighted by atomic mass is 16.6. The number of anilines is 1. The van der Waals surface area contributed by atoms with E-state index in [4.69, 9.17) is 9.84 Å². The average molecular weight is 329 g/mol. The van der Waals surface area contributed by atoms with E-state index >= 15 is 0 Å². The molecule has 0 aliphatic heterocycles. The molecular weight excluding hydrogens is 310 g/mol. The fourth-order valence-electron chi connectivity index (χ4n) is 2.09. The van der Waals surface area contributed by atoms with E-state index in [-0.39, 0.29) is 11.3 Å². The Morgan fingerprint density at radius 1 is 1.04 bits per heavy atom. The van der Waals surface area contributed by atoms with Crippen LogP contribution in [0.2, 0.25) is 0 Å². The molecular formula is C18H19NO5. The lowest BCUT2D eigenvalue weighted by Crippen LogP contribution is -2.27. The van der Waals surface area contributed by atoms with Gasteiger partial charge in [0.05, 0.1) is 0 Å². The zero-order valence-corrected chi connectivity index (χ0v) is 13.7. The van der Waals surface area contributed by atoms with Crippen LogP contribution >= 0.6 is 0 Å². The summed E-state index contributed by atoms with van der Waals surface area (Å²) in [5.74, 6) is -1.51. The topological polar surface area (TPSA) is 95.9 Å². The second-order valence-corrected chi connectivity index (χ2v) is 6.24. The van der Waals surface area contributed by atoms with Gasteiger partial charge in [-0.25, -0.2) is 9.59 Å². The Morgan fingerprint density at radius 3 is 2.29 bits per heavy atom. The van der Waals surface area contributed by atoms with Crippen LogP contribution in [-0.4, -0.2) is 27.9 Å². The number of aromatic hydroxyl groups is 1. The molecule has 0 heterocycles. The molecule has 0 fully saturated rings. The molecule has 0 aliphatic carbocycles. The molecule has 0 spiro atoms. The molecule has 126 valence electrons. The largest absolute Gasteiger partial charge is 0.507 e. The number of carbonyl (C=O) groups is 2. The van der Waals surface area contributed by atoms with Gasteiger partial charge in [-0.3, -0.25) is 5.32 Å². The van der Waals surface area contributed by atoms with Crippen molar-refractivity contribution in [2.45, 2.75) is 26.4 Å². The Labute approximate surface area is 139 Å². The summed E-state index contributed by atoms with van der Waals surface area (Å²) in [5.41, 5.74) is 1.12. The highest BCUT2D eigenvalue weighted by Gasteiger charge is 2.16. The maximum absolute atomic E-state index is 11.8. The predicted octanol–water partition coefficient (Wildman–Crippen LogP) is 4.10. The van der Waals surface area contributed by atoms with Crippen LogP contribution in [0.1, 0.15) is 31.1 Å². The summed E-state index contributed by atoms with van der Waals surface area (Å²) in [5, 5.41) is 21.4. The molecule has 24 heavy (non-hydrogen) atoms. The van der Waals surface area contributed by atoms with Crippen molar-refractivity contribution in [2.75, 3.05) is 5.32 Å². The smallest absolute Gasteiger partial charge is 0.412 e. The summed E-state index contributed by atoms with van der Waals surface area (Å²) in [6, 6.07) is 11.2. The van der Waals surface area contributed by atoms with Crippen molar-refractivity contribution in [3.8, 4) is 16.9 Å². The van der Waals surface area contributed by atoms with Gasteiger partial charge in [-0.15, -0.1) is 0 Å². The molecule has 2 aromatic rings. The Hall–Kier alpha value is -3.02. The summed E-state index contributed by atoms with van der Waals surface area (Å²) in [4.78, 5) is 22.7. The first-order valence-corrected chi connectivity index (χ1v) is 7.32. The van der Waals surface area contributed by atoms with Gasteiger partial charge in [0.15, 0.2) is 0 Å². The van der Waals surface area contributed by atoms with Crippen LogP contribution < -0.4 is 5.32 Å². The first kappa shape index (κ1) is 17.3. The molecule has 0 saturated carbocycles. The minimum atomic E-state index is -1.20. The van der Waals surface area contributed by atoms with E-state index in [1.807, 2.05) is 0 Å². The standard InChI is InChI=1S/C18H19NO5/c1-18(2,3)24-17(23)19-13-6-4-5-11(9-13)12-7-8-14(16(21)22)15(20)10-12/h4-10,20H,1-3H3,(H,19,23)(H,21,22). The van der Waals surface area contributed by atoms with E-state index in [1.165, 1.54) is 12.1 Å². The second-order valence-electron chi connectivity index (χ2n) is 6.24. The van der Waals surface area contributed by atoms with E-state index in [2.05, 4.69) is 5.32 Å². The molecule has 0 bridgehead atoms. The fraction of sp³-hybridized carbons (Fsp3) is 0.222.